The number of benzene rings is 3. The number of carbonyl (C=O) groups is 3. The number of aromatic hydroxyl groups is 4. The average molecular weight is 526 g/mol. The minimum atomic E-state index is -0.659. The molecule has 0 heterocycles. The first-order valence-corrected chi connectivity index (χ1v) is 11.6. The minimum Gasteiger partial charge on any atom is -0.504 e. The summed E-state index contributed by atoms with van der Waals surface area (Å²) in [6.45, 7) is 2.65. The summed E-state index contributed by atoms with van der Waals surface area (Å²) in [5.41, 5.74) is 0.970. The highest BCUT2D eigenvalue weighted by molar-refractivity contribution is 5.98. The predicted molar refractivity (Wildman–Crippen MR) is 139 cm³/mol. The van der Waals surface area contributed by atoms with Gasteiger partial charge in [0.05, 0.1) is 17.2 Å². The van der Waals surface area contributed by atoms with Crippen LogP contribution in [0.2, 0.25) is 0 Å². The van der Waals surface area contributed by atoms with E-state index in [0.717, 1.165) is 12.0 Å². The van der Waals surface area contributed by atoms with Gasteiger partial charge in [-0.15, -0.1) is 0 Å². The smallest absolute Gasteiger partial charge is 0.255 e. The highest BCUT2D eigenvalue weighted by atomic mass is 16.3. The van der Waals surface area contributed by atoms with Crippen molar-refractivity contribution in [2.75, 3.05) is 19.6 Å². The topological polar surface area (TPSA) is 180 Å². The van der Waals surface area contributed by atoms with Gasteiger partial charge in [-0.25, -0.2) is 0 Å². The molecule has 7 N–H and O–H groups in total. The summed E-state index contributed by atoms with van der Waals surface area (Å²) >= 11 is 0. The zero-order valence-corrected chi connectivity index (χ0v) is 20.7. The third-order valence-electron chi connectivity index (χ3n) is 5.14. The Morgan fingerprint density at radius 3 is 1.84 bits per heavy atom. The minimum absolute atomic E-state index is 0.00860. The maximum absolute atomic E-state index is 12.0. The maximum Gasteiger partial charge on any atom is 0.255 e. The molecular formula is C27H31N3O8. The van der Waals surface area contributed by atoms with Gasteiger partial charge in [0.2, 0.25) is 6.41 Å². The predicted octanol–water partition coefficient (Wildman–Crippen LogP) is 1.69. The maximum atomic E-state index is 12.0. The molecule has 3 aromatic rings. The molecule has 0 radical (unpaired) electrons. The van der Waals surface area contributed by atoms with Crippen LogP contribution in [-0.4, -0.2) is 74.4 Å². The van der Waals surface area contributed by atoms with E-state index in [1.54, 1.807) is 0 Å². The SMILES string of the molecule is CC(O)CNC(=O)c1cccc(O)c1O.O=CN(CCNC(=O)c1cccc(O)c1O)Cc1ccccc1. The fraction of sp³-hybridized carbons (Fsp3) is 0.222. The molecular weight excluding hydrogens is 494 g/mol. The number of aliphatic hydroxyl groups is 1. The molecule has 0 aromatic heterocycles. The number of phenolic OH excluding ortho intramolecular Hbond substituents is 4. The number of aliphatic hydroxyl groups excluding tert-OH is 1. The third-order valence-corrected chi connectivity index (χ3v) is 5.14. The summed E-state index contributed by atoms with van der Waals surface area (Å²) in [5, 5.41) is 51.5. The first kappa shape index (κ1) is 29.5. The molecule has 0 aliphatic rings. The number of hydrogen-bond donors (Lipinski definition) is 7. The van der Waals surface area contributed by atoms with Crippen LogP contribution in [0, 0.1) is 0 Å². The molecule has 1 atom stereocenters. The largest absolute Gasteiger partial charge is 0.504 e. The van der Waals surface area contributed by atoms with Crippen LogP contribution >= 0.6 is 0 Å². The molecule has 0 bridgehead atoms. The first-order valence-electron chi connectivity index (χ1n) is 11.6. The number of amides is 3. The average Bonchev–Trinajstić information content (AvgIpc) is 2.90. The summed E-state index contributed by atoms with van der Waals surface area (Å²) in [6.07, 6.45) is 0.0683. The fourth-order valence-corrected chi connectivity index (χ4v) is 3.16. The molecule has 3 aromatic carbocycles. The van der Waals surface area contributed by atoms with Crippen LogP contribution in [0.1, 0.15) is 33.2 Å². The summed E-state index contributed by atoms with van der Waals surface area (Å²) in [6, 6.07) is 17.8. The second-order valence-corrected chi connectivity index (χ2v) is 8.22. The van der Waals surface area contributed by atoms with E-state index in [-0.39, 0.29) is 35.7 Å². The molecule has 0 aliphatic heterocycles. The van der Waals surface area contributed by atoms with Crippen molar-refractivity contribution >= 4 is 18.2 Å². The van der Waals surface area contributed by atoms with E-state index >= 15 is 0 Å². The Morgan fingerprint density at radius 1 is 0.816 bits per heavy atom. The highest BCUT2D eigenvalue weighted by Crippen LogP contribution is 2.28. The highest BCUT2D eigenvalue weighted by Gasteiger charge is 2.15. The molecule has 11 heteroatoms. The van der Waals surface area contributed by atoms with Gasteiger partial charge >= 0.3 is 0 Å². The van der Waals surface area contributed by atoms with Gasteiger partial charge in [0.1, 0.15) is 0 Å². The van der Waals surface area contributed by atoms with Crippen LogP contribution in [0.25, 0.3) is 0 Å². The number of nitrogens with one attached hydrogen (secondary N) is 2. The summed E-state index contributed by atoms with van der Waals surface area (Å²) in [4.78, 5) is 36.0. The van der Waals surface area contributed by atoms with Crippen molar-refractivity contribution in [1.82, 2.24) is 15.5 Å². The number of carbonyl (C=O) groups excluding carboxylic acids is 3. The van der Waals surface area contributed by atoms with Crippen LogP contribution < -0.4 is 10.6 Å². The first-order chi connectivity index (χ1) is 18.1. The molecule has 38 heavy (non-hydrogen) atoms. The van der Waals surface area contributed by atoms with Crippen LogP contribution in [0.5, 0.6) is 23.0 Å². The lowest BCUT2D eigenvalue weighted by atomic mass is 10.1. The van der Waals surface area contributed by atoms with E-state index < -0.39 is 29.4 Å². The van der Waals surface area contributed by atoms with Crippen LogP contribution in [0.3, 0.4) is 0 Å². The Labute approximate surface area is 219 Å². The van der Waals surface area contributed by atoms with Crippen molar-refractivity contribution in [2.24, 2.45) is 0 Å². The quantitative estimate of drug-likeness (QED) is 0.154. The number of para-hydroxylation sites is 2. The van der Waals surface area contributed by atoms with Crippen molar-refractivity contribution in [3.8, 4) is 23.0 Å². The molecule has 11 nitrogen and oxygen atoms in total. The number of hydrogen-bond acceptors (Lipinski definition) is 8. The van der Waals surface area contributed by atoms with Gasteiger partial charge in [-0.3, -0.25) is 14.4 Å². The second kappa shape index (κ2) is 14.7. The number of rotatable bonds is 10. The van der Waals surface area contributed by atoms with Gasteiger partial charge < -0.3 is 41.1 Å². The van der Waals surface area contributed by atoms with Crippen molar-refractivity contribution < 1.29 is 39.9 Å². The lowest BCUT2D eigenvalue weighted by Crippen LogP contribution is -2.34. The summed E-state index contributed by atoms with van der Waals surface area (Å²) in [7, 11) is 0. The Morgan fingerprint density at radius 2 is 1.34 bits per heavy atom. The number of phenols is 4. The van der Waals surface area contributed by atoms with Gasteiger partial charge in [-0.1, -0.05) is 42.5 Å². The van der Waals surface area contributed by atoms with Crippen molar-refractivity contribution in [3.05, 3.63) is 83.4 Å². The van der Waals surface area contributed by atoms with E-state index in [0.29, 0.717) is 13.1 Å². The Kier molecular flexibility index (Phi) is 11.4. The van der Waals surface area contributed by atoms with Crippen LogP contribution in [-0.2, 0) is 11.3 Å². The summed E-state index contributed by atoms with van der Waals surface area (Å²) < 4.78 is 0. The zero-order valence-electron chi connectivity index (χ0n) is 20.7. The normalized spacial score (nSPS) is 10.9. The summed E-state index contributed by atoms with van der Waals surface area (Å²) in [5.74, 6) is -2.66. The fourth-order valence-electron chi connectivity index (χ4n) is 3.16. The number of nitrogens with zero attached hydrogens (tertiary/aromatic N) is 1. The molecule has 0 aliphatic carbocycles. The van der Waals surface area contributed by atoms with Gasteiger partial charge in [-0.2, -0.15) is 0 Å². The van der Waals surface area contributed by atoms with Crippen LogP contribution in [0.4, 0.5) is 0 Å². The molecule has 0 spiro atoms. The van der Waals surface area contributed by atoms with Crippen molar-refractivity contribution in [3.63, 3.8) is 0 Å². The van der Waals surface area contributed by atoms with Crippen LogP contribution in [0.15, 0.2) is 66.7 Å². The Bertz CT molecular complexity index is 1220. The molecule has 1 unspecified atom stereocenters. The van der Waals surface area contributed by atoms with E-state index in [1.165, 1.54) is 48.2 Å². The molecule has 3 amide bonds. The monoisotopic (exact) mass is 525 g/mol. The second-order valence-electron chi connectivity index (χ2n) is 8.22. The van der Waals surface area contributed by atoms with E-state index in [2.05, 4.69) is 10.6 Å². The lowest BCUT2D eigenvalue weighted by molar-refractivity contribution is -0.118. The third kappa shape index (κ3) is 9.03. The molecule has 202 valence electrons. The van der Waals surface area contributed by atoms with Gasteiger partial charge in [-0.05, 0) is 36.8 Å². The van der Waals surface area contributed by atoms with E-state index in [4.69, 9.17) is 10.2 Å². The lowest BCUT2D eigenvalue weighted by Gasteiger charge is -2.17. The Balaban J connectivity index is 0.000000293. The molecule has 0 fully saturated rings. The Hall–Kier alpha value is -4.77. The zero-order chi connectivity index (χ0) is 28.1. The molecule has 0 saturated heterocycles. The molecule has 0 saturated carbocycles. The van der Waals surface area contributed by atoms with Gasteiger partial charge in [0, 0.05) is 26.2 Å². The van der Waals surface area contributed by atoms with Crippen molar-refractivity contribution in [2.45, 2.75) is 19.6 Å². The van der Waals surface area contributed by atoms with Crippen molar-refractivity contribution in [1.29, 1.82) is 0 Å². The van der Waals surface area contributed by atoms with Gasteiger partial charge in [0.25, 0.3) is 11.8 Å². The molecule has 3 rings (SSSR count). The van der Waals surface area contributed by atoms with E-state index in [1.807, 2.05) is 30.3 Å². The standard InChI is InChI=1S/C17H18N2O4.C10H13NO4/c20-12-19(11-13-5-2-1-3-6-13)10-9-18-17(23)14-7-4-8-15(21)16(14)22;1-6(12)5-11-10(15)7-3-2-4-8(13)9(7)14/h1-8,12,21-22H,9-11H2,(H,18,23);2-4,6,12-14H,5H2,1H3,(H,11,15). The van der Waals surface area contributed by atoms with Gasteiger partial charge in [0.15, 0.2) is 23.0 Å². The van der Waals surface area contributed by atoms with E-state index in [9.17, 15) is 29.7 Å².